The van der Waals surface area contributed by atoms with E-state index in [0.717, 1.165) is 3.92 Å². The van der Waals surface area contributed by atoms with Gasteiger partial charge in [0.05, 0.1) is 0 Å². The maximum atomic E-state index is 8.30. The lowest BCUT2D eigenvalue weighted by molar-refractivity contribution is 0.0985. The summed E-state index contributed by atoms with van der Waals surface area (Å²) in [7, 11) is 0. The van der Waals surface area contributed by atoms with Crippen LogP contribution in [0.2, 0.25) is 0 Å². The van der Waals surface area contributed by atoms with Crippen LogP contribution in [0.4, 0.5) is 0 Å². The normalized spacial score (nSPS) is 47.4. The quantitative estimate of drug-likeness (QED) is 0.229. The van der Waals surface area contributed by atoms with Crippen molar-refractivity contribution in [3.05, 3.63) is 10.4 Å². The molecule has 60 valence electrons. The van der Waals surface area contributed by atoms with Gasteiger partial charge in [-0.05, 0) is 30.2 Å². The molecule has 11 heavy (non-hydrogen) atoms. The van der Waals surface area contributed by atoms with Crippen LogP contribution >= 0.6 is 22.6 Å². The first-order valence-corrected chi connectivity index (χ1v) is 5.27. The van der Waals surface area contributed by atoms with E-state index in [0.29, 0.717) is 17.9 Å². The molecule has 3 fully saturated rings. The second kappa shape index (κ2) is 2.83. The first kappa shape index (κ1) is 7.68. The highest BCUT2D eigenvalue weighted by Gasteiger charge is 2.50. The van der Waals surface area contributed by atoms with Crippen LogP contribution in [0.3, 0.4) is 0 Å². The van der Waals surface area contributed by atoms with Gasteiger partial charge in [-0.1, -0.05) is 34.1 Å². The Balaban J connectivity index is 2.10. The van der Waals surface area contributed by atoms with E-state index in [4.69, 9.17) is 5.53 Å². The van der Waals surface area contributed by atoms with Crippen molar-refractivity contribution < 1.29 is 0 Å². The van der Waals surface area contributed by atoms with Crippen molar-refractivity contribution in [2.45, 2.75) is 29.2 Å². The Labute approximate surface area is 79.3 Å². The highest BCUT2D eigenvalue weighted by Crippen LogP contribution is 2.51. The minimum Gasteiger partial charge on any atom is -0.0900 e. The van der Waals surface area contributed by atoms with Gasteiger partial charge in [0.1, 0.15) is 0 Å². The first-order chi connectivity index (χ1) is 5.34. The van der Waals surface area contributed by atoms with Gasteiger partial charge < -0.3 is 0 Å². The minimum atomic E-state index is 0.343. The van der Waals surface area contributed by atoms with Crippen LogP contribution in [0, 0.1) is 11.8 Å². The van der Waals surface area contributed by atoms with E-state index in [2.05, 4.69) is 32.6 Å². The molecule has 2 bridgehead atoms. The third kappa shape index (κ3) is 1.04. The Morgan fingerprint density at radius 1 is 1.36 bits per heavy atom. The lowest BCUT2D eigenvalue weighted by Crippen LogP contribution is -2.53. The van der Waals surface area contributed by atoms with Crippen molar-refractivity contribution in [2.24, 2.45) is 17.0 Å². The van der Waals surface area contributed by atoms with E-state index >= 15 is 0 Å². The monoisotopic (exact) mass is 263 g/mol. The number of halogens is 1. The Morgan fingerprint density at radius 2 is 2.00 bits per heavy atom. The molecule has 3 aliphatic carbocycles. The van der Waals surface area contributed by atoms with Crippen LogP contribution in [0.5, 0.6) is 0 Å². The molecule has 3 rings (SSSR count). The van der Waals surface area contributed by atoms with Crippen LogP contribution in [0.1, 0.15) is 19.3 Å². The summed E-state index contributed by atoms with van der Waals surface area (Å²) in [5.41, 5.74) is 8.30. The van der Waals surface area contributed by atoms with Crippen molar-refractivity contribution in [3.63, 3.8) is 0 Å². The molecule has 4 heteroatoms. The van der Waals surface area contributed by atoms with Gasteiger partial charge in [0.2, 0.25) is 0 Å². The maximum Gasteiger partial charge on any atom is 0.0450 e. The summed E-state index contributed by atoms with van der Waals surface area (Å²) in [5.74, 6) is 1.40. The standard InChI is InChI=1S/C7H10IN3/c8-6-4-2-1-3-5(6)7(4)10-11-9/h4-7H,1-3H2/t4-,5+,6?,7?. The molecule has 0 spiro atoms. The van der Waals surface area contributed by atoms with Crippen molar-refractivity contribution >= 4 is 22.6 Å². The van der Waals surface area contributed by atoms with Crippen molar-refractivity contribution in [1.29, 1.82) is 0 Å². The van der Waals surface area contributed by atoms with Crippen molar-refractivity contribution in [3.8, 4) is 0 Å². The molecule has 0 N–H and O–H groups in total. The molecule has 2 unspecified atom stereocenters. The number of fused-ring (bicyclic) bond motifs is 2. The summed E-state index contributed by atoms with van der Waals surface area (Å²) in [6.45, 7) is 0. The van der Waals surface area contributed by atoms with E-state index < -0.39 is 0 Å². The van der Waals surface area contributed by atoms with Gasteiger partial charge >= 0.3 is 0 Å². The molecular weight excluding hydrogens is 253 g/mol. The van der Waals surface area contributed by atoms with E-state index in [1.807, 2.05) is 0 Å². The molecule has 0 aromatic heterocycles. The Bertz CT molecular complexity index is 200. The Hall–Kier alpha value is 0.0400. The number of nitrogens with zero attached hydrogens (tertiary/aromatic N) is 3. The van der Waals surface area contributed by atoms with Gasteiger partial charge in [0, 0.05) is 14.9 Å². The third-order valence-corrected chi connectivity index (χ3v) is 4.80. The highest BCUT2D eigenvalue weighted by molar-refractivity contribution is 14.1. The predicted molar refractivity (Wildman–Crippen MR) is 51.6 cm³/mol. The Kier molecular flexibility index (Phi) is 1.97. The van der Waals surface area contributed by atoms with Gasteiger partial charge in [-0.15, -0.1) is 0 Å². The van der Waals surface area contributed by atoms with Crippen LogP contribution in [-0.2, 0) is 0 Å². The maximum absolute atomic E-state index is 8.30. The summed E-state index contributed by atoms with van der Waals surface area (Å²) in [6, 6.07) is 0.343. The van der Waals surface area contributed by atoms with Crippen molar-refractivity contribution in [2.75, 3.05) is 0 Å². The van der Waals surface area contributed by atoms with Crippen LogP contribution in [0.15, 0.2) is 5.11 Å². The molecule has 3 saturated carbocycles. The number of hydrogen-bond donors (Lipinski definition) is 0. The minimum absolute atomic E-state index is 0.343. The van der Waals surface area contributed by atoms with E-state index in [9.17, 15) is 0 Å². The average molecular weight is 263 g/mol. The van der Waals surface area contributed by atoms with Crippen LogP contribution < -0.4 is 0 Å². The van der Waals surface area contributed by atoms with Crippen molar-refractivity contribution in [1.82, 2.24) is 0 Å². The number of alkyl halides is 1. The molecule has 0 saturated heterocycles. The zero-order valence-electron chi connectivity index (χ0n) is 6.15. The van der Waals surface area contributed by atoms with Crippen LogP contribution in [-0.4, -0.2) is 9.97 Å². The first-order valence-electron chi connectivity index (χ1n) is 4.03. The topological polar surface area (TPSA) is 48.8 Å². The highest BCUT2D eigenvalue weighted by atomic mass is 127. The molecule has 4 atom stereocenters. The third-order valence-electron chi connectivity index (χ3n) is 2.96. The smallest absolute Gasteiger partial charge is 0.0450 e. The molecule has 0 heterocycles. The van der Waals surface area contributed by atoms with E-state index in [1.54, 1.807) is 0 Å². The Morgan fingerprint density at radius 3 is 2.45 bits per heavy atom. The summed E-state index contributed by atoms with van der Waals surface area (Å²) in [6.07, 6.45) is 3.88. The van der Waals surface area contributed by atoms with E-state index in [1.165, 1.54) is 19.3 Å². The second-order valence-electron chi connectivity index (χ2n) is 3.40. The fourth-order valence-electron chi connectivity index (χ4n) is 2.35. The summed E-state index contributed by atoms with van der Waals surface area (Å²) in [4.78, 5) is 2.90. The fourth-order valence-corrected chi connectivity index (χ4v) is 3.92. The molecule has 0 radical (unpaired) electrons. The number of hydrogen-bond acceptors (Lipinski definition) is 1. The number of azide groups is 1. The summed E-state index contributed by atoms with van der Waals surface area (Å²) in [5, 5.41) is 3.84. The van der Waals surface area contributed by atoms with Gasteiger partial charge in [0.25, 0.3) is 0 Å². The fraction of sp³-hybridized carbons (Fsp3) is 1.00. The summed E-state index contributed by atoms with van der Waals surface area (Å²) < 4.78 is 0.789. The molecule has 0 amide bonds. The number of rotatable bonds is 1. The van der Waals surface area contributed by atoms with Gasteiger partial charge in [-0.25, -0.2) is 0 Å². The SMILES string of the molecule is [N-]=[N+]=NC1[C@@H]2CCC[C@H]1C2I. The molecule has 3 aliphatic rings. The van der Waals surface area contributed by atoms with Gasteiger partial charge in [-0.3, -0.25) is 0 Å². The molecule has 0 aromatic carbocycles. The zero-order chi connectivity index (χ0) is 7.84. The second-order valence-corrected chi connectivity index (χ2v) is 4.84. The lowest BCUT2D eigenvalue weighted by atomic mass is 9.61. The molecule has 0 aromatic rings. The predicted octanol–water partition coefficient (Wildman–Crippen LogP) is 2.90. The molecule has 0 aliphatic heterocycles. The zero-order valence-corrected chi connectivity index (χ0v) is 8.31. The summed E-state index contributed by atoms with van der Waals surface area (Å²) >= 11 is 2.50. The largest absolute Gasteiger partial charge is 0.0900 e. The average Bonchev–Trinajstić information content (AvgIpc) is 2.07. The lowest BCUT2D eigenvalue weighted by Gasteiger charge is -2.51. The van der Waals surface area contributed by atoms with Gasteiger partial charge in [0.15, 0.2) is 0 Å². The van der Waals surface area contributed by atoms with Gasteiger partial charge in [-0.2, -0.15) is 0 Å². The van der Waals surface area contributed by atoms with E-state index in [-0.39, 0.29) is 0 Å². The van der Waals surface area contributed by atoms with Crippen LogP contribution in [0.25, 0.3) is 10.4 Å². The molecule has 3 nitrogen and oxygen atoms in total. The molecular formula is C7H10IN3.